The fourth-order valence-electron chi connectivity index (χ4n) is 4.28. The molecule has 0 bridgehead atoms. The number of anilines is 3. The van der Waals surface area contributed by atoms with Crippen molar-refractivity contribution in [3.8, 4) is 5.69 Å². The molecule has 1 saturated heterocycles. The summed E-state index contributed by atoms with van der Waals surface area (Å²) in [7, 11) is 0. The lowest BCUT2D eigenvalue weighted by atomic mass is 10.2. The predicted octanol–water partition coefficient (Wildman–Crippen LogP) is 4.64. The molecule has 3 heterocycles. The van der Waals surface area contributed by atoms with E-state index in [2.05, 4.69) is 25.1 Å². The van der Waals surface area contributed by atoms with E-state index in [9.17, 15) is 4.79 Å². The van der Waals surface area contributed by atoms with Gasteiger partial charge < -0.3 is 15.5 Å². The fourth-order valence-corrected chi connectivity index (χ4v) is 4.28. The van der Waals surface area contributed by atoms with E-state index in [1.165, 1.54) is 25.9 Å². The number of nitrogens with zero attached hydrogens (tertiary/aromatic N) is 3. The second-order valence-corrected chi connectivity index (χ2v) is 8.12. The van der Waals surface area contributed by atoms with E-state index in [0.29, 0.717) is 11.2 Å². The summed E-state index contributed by atoms with van der Waals surface area (Å²) in [5.74, 6) is 1.49. The van der Waals surface area contributed by atoms with Gasteiger partial charge in [0.1, 0.15) is 11.6 Å². The van der Waals surface area contributed by atoms with Crippen LogP contribution in [-0.2, 0) is 0 Å². The molecule has 6 heteroatoms. The van der Waals surface area contributed by atoms with Crippen LogP contribution in [-0.4, -0.2) is 40.6 Å². The molecule has 1 aliphatic rings. The molecule has 0 aliphatic carbocycles. The van der Waals surface area contributed by atoms with E-state index in [-0.39, 0.29) is 5.43 Å². The van der Waals surface area contributed by atoms with Crippen molar-refractivity contribution in [2.45, 2.75) is 12.8 Å². The summed E-state index contributed by atoms with van der Waals surface area (Å²) in [6.45, 7) is 4.18. The monoisotopic (exact) mass is 425 g/mol. The Kier molecular flexibility index (Phi) is 5.85. The van der Waals surface area contributed by atoms with E-state index in [1.54, 1.807) is 12.3 Å². The van der Waals surface area contributed by atoms with Gasteiger partial charge in [-0.15, -0.1) is 0 Å². The maximum atomic E-state index is 13.0. The molecule has 1 fully saturated rings. The Hall–Kier alpha value is -3.64. The minimum Gasteiger partial charge on any atom is -0.369 e. The van der Waals surface area contributed by atoms with Crippen LogP contribution in [0.25, 0.3) is 16.6 Å². The number of rotatable bonds is 7. The molecule has 5 rings (SSSR count). The molecule has 2 aromatic carbocycles. The summed E-state index contributed by atoms with van der Waals surface area (Å²) in [6.07, 6.45) is 4.26. The Bertz CT molecular complexity index is 1250. The van der Waals surface area contributed by atoms with Gasteiger partial charge in [-0.3, -0.25) is 9.36 Å². The zero-order valence-electron chi connectivity index (χ0n) is 18.0. The van der Waals surface area contributed by atoms with E-state index in [0.717, 1.165) is 35.8 Å². The minimum atomic E-state index is -0.0540. The van der Waals surface area contributed by atoms with Gasteiger partial charge in [0.05, 0.1) is 10.9 Å². The maximum Gasteiger partial charge on any atom is 0.193 e. The van der Waals surface area contributed by atoms with Crippen molar-refractivity contribution in [2.75, 3.05) is 36.8 Å². The molecule has 0 spiro atoms. The zero-order chi connectivity index (χ0) is 21.8. The summed E-state index contributed by atoms with van der Waals surface area (Å²) in [5.41, 5.74) is 2.67. The molecule has 162 valence electrons. The highest BCUT2D eigenvalue weighted by Crippen LogP contribution is 2.26. The van der Waals surface area contributed by atoms with E-state index >= 15 is 0 Å². The topological polar surface area (TPSA) is 62.2 Å². The normalized spacial score (nSPS) is 14.0. The third kappa shape index (κ3) is 4.36. The van der Waals surface area contributed by atoms with Crippen LogP contribution >= 0.6 is 0 Å². The summed E-state index contributed by atoms with van der Waals surface area (Å²) in [4.78, 5) is 19.9. The number of hydrogen-bond donors (Lipinski definition) is 2. The quantitative estimate of drug-likeness (QED) is 0.452. The summed E-state index contributed by atoms with van der Waals surface area (Å²) in [6, 6.07) is 23.6. The molecule has 4 aromatic rings. The van der Waals surface area contributed by atoms with Crippen LogP contribution in [0.1, 0.15) is 12.8 Å². The number of para-hydroxylation sites is 2. The lowest BCUT2D eigenvalue weighted by molar-refractivity contribution is 0.352. The van der Waals surface area contributed by atoms with Gasteiger partial charge in [-0.1, -0.05) is 36.4 Å². The number of likely N-dealkylation sites (tertiary alicyclic amines) is 1. The van der Waals surface area contributed by atoms with Crippen molar-refractivity contribution in [1.29, 1.82) is 0 Å². The molecular weight excluding hydrogens is 398 g/mol. The Morgan fingerprint density at radius 1 is 0.906 bits per heavy atom. The van der Waals surface area contributed by atoms with Crippen LogP contribution in [0.2, 0.25) is 0 Å². The number of aromatic nitrogens is 2. The molecule has 0 atom stereocenters. The number of nitrogens with one attached hydrogen (secondary N) is 2. The second-order valence-electron chi connectivity index (χ2n) is 8.12. The van der Waals surface area contributed by atoms with Gasteiger partial charge in [0.15, 0.2) is 5.43 Å². The average Bonchev–Trinajstić information content (AvgIpc) is 3.34. The first-order valence-corrected chi connectivity index (χ1v) is 11.2. The van der Waals surface area contributed by atoms with E-state index in [1.807, 2.05) is 66.7 Å². The van der Waals surface area contributed by atoms with Crippen molar-refractivity contribution in [3.63, 3.8) is 0 Å². The van der Waals surface area contributed by atoms with Gasteiger partial charge in [-0.2, -0.15) is 0 Å². The smallest absolute Gasteiger partial charge is 0.193 e. The van der Waals surface area contributed by atoms with Crippen molar-refractivity contribution >= 4 is 28.2 Å². The van der Waals surface area contributed by atoms with Crippen LogP contribution in [0.5, 0.6) is 0 Å². The van der Waals surface area contributed by atoms with Crippen molar-refractivity contribution in [1.82, 2.24) is 14.5 Å². The number of benzene rings is 2. The lowest BCUT2D eigenvalue weighted by Crippen LogP contribution is -2.26. The van der Waals surface area contributed by atoms with Gasteiger partial charge in [-0.25, -0.2) is 4.98 Å². The zero-order valence-corrected chi connectivity index (χ0v) is 18.0. The van der Waals surface area contributed by atoms with Gasteiger partial charge >= 0.3 is 0 Å². The maximum absolute atomic E-state index is 13.0. The van der Waals surface area contributed by atoms with Crippen LogP contribution in [0.15, 0.2) is 83.8 Å². The molecule has 1 aliphatic heterocycles. The summed E-state index contributed by atoms with van der Waals surface area (Å²) >= 11 is 0. The third-order valence-corrected chi connectivity index (χ3v) is 5.89. The molecule has 0 saturated carbocycles. The molecular formula is C26H27N5O. The first-order chi connectivity index (χ1) is 15.8. The van der Waals surface area contributed by atoms with Crippen LogP contribution in [0.4, 0.5) is 17.3 Å². The van der Waals surface area contributed by atoms with E-state index in [4.69, 9.17) is 0 Å². The predicted molar refractivity (Wildman–Crippen MR) is 131 cm³/mol. The van der Waals surface area contributed by atoms with E-state index < -0.39 is 0 Å². The van der Waals surface area contributed by atoms with Crippen LogP contribution < -0.4 is 16.1 Å². The Labute approximate surface area is 187 Å². The Morgan fingerprint density at radius 2 is 1.62 bits per heavy atom. The molecule has 32 heavy (non-hydrogen) atoms. The lowest BCUT2D eigenvalue weighted by Gasteiger charge is -2.19. The van der Waals surface area contributed by atoms with Crippen LogP contribution in [0, 0.1) is 0 Å². The molecule has 0 amide bonds. The minimum absolute atomic E-state index is 0.0540. The second kappa shape index (κ2) is 9.24. The highest BCUT2D eigenvalue weighted by Gasteiger charge is 2.14. The highest BCUT2D eigenvalue weighted by atomic mass is 16.1. The largest absolute Gasteiger partial charge is 0.369 e. The average molecular weight is 426 g/mol. The fraction of sp³-hybridized carbons (Fsp3) is 0.231. The van der Waals surface area contributed by atoms with Crippen molar-refractivity contribution < 1.29 is 0 Å². The van der Waals surface area contributed by atoms with Crippen molar-refractivity contribution in [2.24, 2.45) is 0 Å². The Balaban J connectivity index is 1.55. The molecule has 0 radical (unpaired) electrons. The molecule has 6 nitrogen and oxygen atoms in total. The number of hydrogen-bond acceptors (Lipinski definition) is 5. The first-order valence-electron chi connectivity index (χ1n) is 11.2. The first kappa shape index (κ1) is 20.3. The van der Waals surface area contributed by atoms with Gasteiger partial charge in [-0.05, 0) is 50.2 Å². The van der Waals surface area contributed by atoms with Gasteiger partial charge in [0, 0.05) is 42.8 Å². The number of fused-ring (bicyclic) bond motifs is 1. The van der Waals surface area contributed by atoms with Crippen LogP contribution in [0.3, 0.4) is 0 Å². The highest BCUT2D eigenvalue weighted by molar-refractivity contribution is 5.85. The Morgan fingerprint density at radius 3 is 2.38 bits per heavy atom. The molecule has 2 aromatic heterocycles. The summed E-state index contributed by atoms with van der Waals surface area (Å²) < 4.78 is 2.08. The van der Waals surface area contributed by atoms with Gasteiger partial charge in [0.25, 0.3) is 0 Å². The van der Waals surface area contributed by atoms with Crippen molar-refractivity contribution in [3.05, 3.63) is 89.2 Å². The molecule has 2 N–H and O–H groups in total. The molecule has 0 unspecified atom stereocenters. The summed E-state index contributed by atoms with van der Waals surface area (Å²) in [5, 5.41) is 7.46. The van der Waals surface area contributed by atoms with Gasteiger partial charge in [0.2, 0.25) is 0 Å². The number of pyridine rings is 2. The SMILES string of the molecule is O=c1cc(Nc2ccccc2)n(-c2ccccc2)c2cc(NCCN3CCCC3)ncc12. The standard InChI is InChI=1S/C26H27N5O/c32-24-18-26(29-20-9-3-1-4-10-20)31(21-11-5-2-6-12-21)23-17-25(28-19-22(23)24)27-13-16-30-14-7-8-15-30/h1-6,9-12,17-19,29H,7-8,13-16H2,(H,27,28). The third-order valence-electron chi connectivity index (χ3n) is 5.89.